The molecule has 0 saturated heterocycles. The fourth-order valence-corrected chi connectivity index (χ4v) is 2.70. The minimum absolute atomic E-state index is 0.395. The van der Waals surface area contributed by atoms with Crippen molar-refractivity contribution >= 4 is 21.7 Å². The number of rotatable bonds is 6. The molecule has 0 aliphatic rings. The maximum Gasteiger partial charge on any atom is 0.503 e. The van der Waals surface area contributed by atoms with Crippen molar-refractivity contribution in [2.75, 3.05) is 19.6 Å². The van der Waals surface area contributed by atoms with E-state index in [2.05, 4.69) is 10.3 Å². The molecule has 1 N–H and O–H groups in total. The molecule has 1 rings (SSSR count). The molecule has 0 fully saturated rings. The van der Waals surface area contributed by atoms with Crippen molar-refractivity contribution in [3.05, 3.63) is 23.9 Å². The number of pyridine rings is 1. The zero-order valence-corrected chi connectivity index (χ0v) is 13.7. The molecule has 0 spiro atoms. The highest BCUT2D eigenvalue weighted by Gasteiger charge is 2.49. The van der Waals surface area contributed by atoms with Crippen molar-refractivity contribution < 1.29 is 31.2 Å². The Morgan fingerprint density at radius 2 is 1.83 bits per heavy atom. The highest BCUT2D eigenvalue weighted by atomic mass is 32.2. The Kier molecular flexibility index (Phi) is 6.29. The van der Waals surface area contributed by atoms with E-state index in [-0.39, 0.29) is 0 Å². The van der Waals surface area contributed by atoms with Crippen LogP contribution in [0.3, 0.4) is 0 Å². The molecule has 1 heterocycles. The van der Waals surface area contributed by atoms with Gasteiger partial charge in [0.1, 0.15) is 0 Å². The van der Waals surface area contributed by atoms with Crippen molar-refractivity contribution in [1.82, 2.24) is 15.2 Å². The molecule has 0 aliphatic heterocycles. The maximum absolute atomic E-state index is 12.7. The molecule has 11 heteroatoms. The number of carbonyl (C=O) groups is 2. The van der Waals surface area contributed by atoms with Crippen LogP contribution in [0.15, 0.2) is 23.4 Å². The molecule has 7 nitrogen and oxygen atoms in total. The highest BCUT2D eigenvalue weighted by molar-refractivity contribution is 7.92. The first kappa shape index (κ1) is 19.9. The van der Waals surface area contributed by atoms with Crippen LogP contribution in [-0.4, -0.2) is 55.3 Å². The Bertz CT molecular complexity index is 715. The number of hydrogen-bond acceptors (Lipinski definition) is 5. The molecular weight excluding hydrogens is 351 g/mol. The summed E-state index contributed by atoms with van der Waals surface area (Å²) in [6.45, 7) is 3.76. The summed E-state index contributed by atoms with van der Waals surface area (Å²) in [4.78, 5) is 28.3. The van der Waals surface area contributed by atoms with Gasteiger partial charge in [-0.15, -0.1) is 0 Å². The Balaban J connectivity index is 3.04. The van der Waals surface area contributed by atoms with E-state index in [0.717, 1.165) is 18.3 Å². The lowest BCUT2D eigenvalue weighted by molar-refractivity contribution is -0.129. The van der Waals surface area contributed by atoms with E-state index < -0.39 is 44.3 Å². The lowest BCUT2D eigenvalue weighted by atomic mass is 10.2. The van der Waals surface area contributed by atoms with Crippen molar-refractivity contribution in [2.45, 2.75) is 24.4 Å². The monoisotopic (exact) mass is 367 g/mol. The Hall–Kier alpha value is -2.17. The molecule has 1 aromatic rings. The van der Waals surface area contributed by atoms with Crippen molar-refractivity contribution in [3.63, 3.8) is 0 Å². The zero-order chi connectivity index (χ0) is 18.5. The van der Waals surface area contributed by atoms with Gasteiger partial charge in [-0.2, -0.15) is 13.2 Å². The van der Waals surface area contributed by atoms with Gasteiger partial charge in [0, 0.05) is 19.3 Å². The van der Waals surface area contributed by atoms with Crippen molar-refractivity contribution in [1.29, 1.82) is 0 Å². The maximum atomic E-state index is 12.7. The highest BCUT2D eigenvalue weighted by Crippen LogP contribution is 2.30. The molecule has 1 aromatic heterocycles. The van der Waals surface area contributed by atoms with Crippen LogP contribution in [0.5, 0.6) is 0 Å². The van der Waals surface area contributed by atoms with E-state index in [1.54, 1.807) is 13.8 Å². The number of nitrogens with one attached hydrogen (secondary N) is 1. The second-order valence-electron chi connectivity index (χ2n) is 4.55. The first-order valence-corrected chi connectivity index (χ1v) is 8.36. The van der Waals surface area contributed by atoms with E-state index in [1.165, 1.54) is 4.90 Å². The van der Waals surface area contributed by atoms with E-state index in [9.17, 15) is 31.2 Å². The second kappa shape index (κ2) is 7.60. The molecule has 0 radical (unpaired) electrons. The standard InChI is InChI=1S/C13H16F3N3O4S/c1-3-19(4-2)10(20)8-18-11(21)9-6-5-7-17-12(9)24(22,23)13(14,15)16/h5-7H,3-4,8H2,1-2H3,(H,18,21). The SMILES string of the molecule is CCN(CC)C(=O)CNC(=O)c1cccnc1S(=O)(=O)C(F)(F)F. The molecule has 0 aromatic carbocycles. The first-order chi connectivity index (χ1) is 11.1. The van der Waals surface area contributed by atoms with Crippen molar-refractivity contribution in [2.24, 2.45) is 0 Å². The average molecular weight is 367 g/mol. The predicted molar refractivity (Wildman–Crippen MR) is 77.7 cm³/mol. The van der Waals surface area contributed by atoms with Gasteiger partial charge in [0.25, 0.3) is 15.7 Å². The lowest BCUT2D eigenvalue weighted by Crippen LogP contribution is -2.40. The number of hydrogen-bond donors (Lipinski definition) is 1. The smallest absolute Gasteiger partial charge is 0.343 e. The fraction of sp³-hybridized carbons (Fsp3) is 0.462. The summed E-state index contributed by atoms with van der Waals surface area (Å²) in [5.74, 6) is -1.58. The second-order valence-corrected chi connectivity index (χ2v) is 6.41. The molecule has 0 atom stereocenters. The third kappa shape index (κ3) is 4.22. The summed E-state index contributed by atoms with van der Waals surface area (Å²) in [6.07, 6.45) is 0.830. The van der Waals surface area contributed by atoms with Gasteiger partial charge in [0.15, 0.2) is 5.03 Å². The molecule has 2 amide bonds. The zero-order valence-electron chi connectivity index (χ0n) is 12.9. The average Bonchev–Trinajstić information content (AvgIpc) is 2.52. The molecule has 0 bridgehead atoms. The molecule has 134 valence electrons. The topological polar surface area (TPSA) is 96.4 Å². The summed E-state index contributed by atoms with van der Waals surface area (Å²) in [6, 6.07) is 2.01. The largest absolute Gasteiger partial charge is 0.503 e. The van der Waals surface area contributed by atoms with Crippen LogP contribution in [0.4, 0.5) is 13.2 Å². The van der Waals surface area contributed by atoms with Crippen LogP contribution in [0.1, 0.15) is 24.2 Å². The minimum Gasteiger partial charge on any atom is -0.343 e. The first-order valence-electron chi connectivity index (χ1n) is 6.88. The summed E-state index contributed by atoms with van der Waals surface area (Å²) >= 11 is 0. The van der Waals surface area contributed by atoms with Gasteiger partial charge < -0.3 is 10.2 Å². The van der Waals surface area contributed by atoms with Crippen LogP contribution >= 0.6 is 0 Å². The third-order valence-corrected chi connectivity index (χ3v) is 4.54. The van der Waals surface area contributed by atoms with Crippen LogP contribution in [0.2, 0.25) is 0 Å². The number of nitrogens with zero attached hydrogens (tertiary/aromatic N) is 2. The molecule has 24 heavy (non-hydrogen) atoms. The number of carbonyl (C=O) groups excluding carboxylic acids is 2. The minimum atomic E-state index is -5.78. The van der Waals surface area contributed by atoms with E-state index in [0.29, 0.717) is 13.1 Å². The van der Waals surface area contributed by atoms with Gasteiger partial charge in [-0.3, -0.25) is 9.59 Å². The summed E-state index contributed by atoms with van der Waals surface area (Å²) in [5.41, 5.74) is -6.37. The summed E-state index contributed by atoms with van der Waals surface area (Å²) in [7, 11) is -5.78. The molecule has 0 aliphatic carbocycles. The van der Waals surface area contributed by atoms with Gasteiger partial charge in [-0.1, -0.05) is 0 Å². The molecule has 0 saturated carbocycles. The van der Waals surface area contributed by atoms with E-state index in [4.69, 9.17) is 0 Å². The lowest BCUT2D eigenvalue weighted by Gasteiger charge is -2.19. The van der Waals surface area contributed by atoms with Crippen LogP contribution in [0, 0.1) is 0 Å². The van der Waals surface area contributed by atoms with Gasteiger partial charge in [0.2, 0.25) is 5.91 Å². The third-order valence-electron chi connectivity index (χ3n) is 3.09. The fourth-order valence-electron chi connectivity index (χ4n) is 1.83. The Morgan fingerprint density at radius 1 is 1.25 bits per heavy atom. The number of amides is 2. The van der Waals surface area contributed by atoms with E-state index in [1.807, 2.05) is 0 Å². The number of likely N-dealkylation sites (N-methyl/N-ethyl adjacent to an activating group) is 1. The van der Waals surface area contributed by atoms with Crippen molar-refractivity contribution in [3.8, 4) is 0 Å². The Morgan fingerprint density at radius 3 is 2.33 bits per heavy atom. The van der Waals surface area contributed by atoms with Gasteiger partial charge in [0.05, 0.1) is 12.1 Å². The predicted octanol–water partition coefficient (Wildman–Crippen LogP) is 0.973. The normalized spacial score (nSPS) is 11.9. The number of aromatic nitrogens is 1. The Labute approximate surface area is 136 Å². The quantitative estimate of drug-likeness (QED) is 0.808. The summed E-state index contributed by atoms with van der Waals surface area (Å²) in [5, 5.41) is 0.712. The molecular formula is C13H16F3N3O4S. The van der Waals surface area contributed by atoms with Crippen LogP contribution in [-0.2, 0) is 14.6 Å². The van der Waals surface area contributed by atoms with Crippen LogP contribution < -0.4 is 5.32 Å². The summed E-state index contributed by atoms with van der Waals surface area (Å²) < 4.78 is 60.9. The number of alkyl halides is 3. The molecule has 0 unspecified atom stereocenters. The van der Waals surface area contributed by atoms with Gasteiger partial charge in [-0.05, 0) is 26.0 Å². The number of halogens is 3. The van der Waals surface area contributed by atoms with Gasteiger partial charge >= 0.3 is 5.51 Å². The number of sulfone groups is 1. The van der Waals surface area contributed by atoms with E-state index >= 15 is 0 Å². The van der Waals surface area contributed by atoms with Crippen LogP contribution in [0.25, 0.3) is 0 Å². The van der Waals surface area contributed by atoms with Gasteiger partial charge in [-0.25, -0.2) is 13.4 Å².